The lowest BCUT2D eigenvalue weighted by molar-refractivity contribution is -0.277. The largest absolute Gasteiger partial charge is 0.508 e. The molecule has 32 heteroatoms. The lowest BCUT2D eigenvalue weighted by Gasteiger charge is -2.39. The number of carbonyl (C=O) groups excluding carboxylic acids is 7. The molecule has 19 N–H and O–H groups in total. The van der Waals surface area contributed by atoms with Crippen molar-refractivity contribution in [3.8, 4) is 57.1 Å². The maximum Gasteiger partial charge on any atom is 0.330 e. The Kier molecular flexibility index (Phi) is 19.8. The van der Waals surface area contributed by atoms with Crippen molar-refractivity contribution in [2.24, 2.45) is 11.7 Å². The van der Waals surface area contributed by atoms with Gasteiger partial charge in [-0.05, 0) is 96.2 Å². The second-order valence-electron chi connectivity index (χ2n) is 22.2. The number of aliphatic hydroxyl groups is 6. The summed E-state index contributed by atoms with van der Waals surface area (Å²) in [6.07, 6.45) is -14.9. The molecule has 6 aliphatic heterocycles. The number of hydrogen-bond acceptors (Lipinski definition) is 22. The van der Waals surface area contributed by atoms with Gasteiger partial charge in [0.15, 0.2) is 17.5 Å². The van der Waals surface area contributed by atoms with Crippen LogP contribution in [0.5, 0.6) is 46.0 Å². The van der Waals surface area contributed by atoms with Crippen molar-refractivity contribution >= 4 is 70.5 Å². The summed E-state index contributed by atoms with van der Waals surface area (Å²) in [6.45, 7) is 2.69. The molecule has 9 unspecified atom stereocenters. The van der Waals surface area contributed by atoms with Gasteiger partial charge in [-0.3, -0.25) is 33.6 Å². The highest BCUT2D eigenvalue weighted by molar-refractivity contribution is 6.32. The minimum absolute atomic E-state index is 0.0825. The van der Waals surface area contributed by atoms with Crippen molar-refractivity contribution < 1.29 is 108 Å². The molecule has 5 aromatic rings. The minimum atomic E-state index is -2.31. The Hall–Kier alpha value is -9.08. The molecule has 0 radical (unpaired) electrons. The van der Waals surface area contributed by atoms with Gasteiger partial charge in [-0.2, -0.15) is 0 Å². The molecule has 1 saturated heterocycles. The highest BCUT2D eigenvalue weighted by Crippen LogP contribution is 2.49. The first-order valence-corrected chi connectivity index (χ1v) is 28.7. The molecule has 0 saturated carbocycles. The van der Waals surface area contributed by atoms with E-state index in [1.807, 2.05) is 13.8 Å². The first kappa shape index (κ1) is 66.3. The van der Waals surface area contributed by atoms with E-state index in [2.05, 4.69) is 37.2 Å². The number of hydrogen-bond donors (Lipinski definition) is 18. The maximum absolute atomic E-state index is 15.8. The number of aromatic hydroxyl groups is 3. The van der Waals surface area contributed by atoms with Crippen molar-refractivity contribution in [2.75, 3.05) is 13.7 Å². The average molecular weight is 1310 g/mol. The number of aliphatic hydroxyl groups excluding tert-OH is 6. The number of ether oxygens (including phenoxy) is 4. The van der Waals surface area contributed by atoms with Crippen LogP contribution in [0.2, 0.25) is 10.0 Å². The maximum atomic E-state index is 15.8. The SMILES string of the molecule is CNC(CC(C)C)C(=O)NC1C(=O)NC(CC(N)=O)C(=O)NC2C(=O)NC3C(=O)NC(C(=O)NC(C(=O)O)c4cc(O)cc(O)c4-c4cc3ccc4O)C(O)c3ccc(c(Cl)c3)Oc3cc2cc(c3O[C@@H]2O[C@H](CO)[C@@H](O)[C@H](O)[C@H]2O)Oc2ccc(cc2Cl)C1O. The number of rotatable bonds is 11. The van der Waals surface area contributed by atoms with Crippen LogP contribution in [0.3, 0.4) is 0 Å². The number of aliphatic carboxylic acids is 1. The van der Waals surface area contributed by atoms with Gasteiger partial charge in [-0.15, -0.1) is 0 Å². The zero-order valence-corrected chi connectivity index (χ0v) is 49.5. The van der Waals surface area contributed by atoms with Gasteiger partial charge >= 0.3 is 5.97 Å². The quantitative estimate of drug-likeness (QED) is 0.0819. The number of fused-ring (bicyclic) bond motifs is 15. The molecular weight excluding hydrogens is 1240 g/mol. The fourth-order valence-electron chi connectivity index (χ4n) is 10.7. The molecule has 6 heterocycles. The third kappa shape index (κ3) is 14.0. The van der Waals surface area contributed by atoms with E-state index in [1.165, 1.54) is 19.2 Å². The second-order valence-corrected chi connectivity index (χ2v) is 23.0. The van der Waals surface area contributed by atoms with Gasteiger partial charge in [0, 0.05) is 22.8 Å². The number of carboxylic acid groups (broad SMARTS) is 1. The van der Waals surface area contributed by atoms with Gasteiger partial charge in [0.05, 0.1) is 29.1 Å². The number of nitrogens with two attached hydrogens (primary N) is 1. The number of phenolic OH excluding ortho intramolecular Hbond substituents is 3. The average Bonchev–Trinajstić information content (AvgIpc) is 0.790. The van der Waals surface area contributed by atoms with Crippen molar-refractivity contribution in [1.29, 1.82) is 0 Å². The van der Waals surface area contributed by atoms with Gasteiger partial charge in [0.25, 0.3) is 0 Å². The van der Waals surface area contributed by atoms with Gasteiger partial charge in [-0.1, -0.05) is 55.2 Å². The number of benzene rings is 5. The van der Waals surface area contributed by atoms with Crippen LogP contribution in [0.4, 0.5) is 0 Å². The lowest BCUT2D eigenvalue weighted by Crippen LogP contribution is -2.60. The van der Waals surface area contributed by atoms with E-state index in [-0.39, 0.29) is 45.6 Å². The number of primary amides is 1. The number of halogens is 2. The Balaban J connectivity index is 1.32. The lowest BCUT2D eigenvalue weighted by atomic mass is 9.89. The molecular formula is C59H62Cl2N8O22. The molecule has 7 amide bonds. The molecule has 11 rings (SSSR count). The van der Waals surface area contributed by atoms with Crippen molar-refractivity contribution in [3.05, 3.63) is 117 Å². The normalized spacial score (nSPS) is 26.2. The van der Waals surface area contributed by atoms with Crippen LogP contribution in [0.15, 0.2) is 78.9 Å². The molecule has 0 aromatic heterocycles. The van der Waals surface area contributed by atoms with Crippen molar-refractivity contribution in [1.82, 2.24) is 37.2 Å². The fraction of sp³-hybridized carbons (Fsp3) is 0.356. The van der Waals surface area contributed by atoms with Gasteiger partial charge in [-0.25, -0.2) is 4.79 Å². The molecule has 1 fully saturated rings. The summed E-state index contributed by atoms with van der Waals surface area (Å²) >= 11 is 13.8. The van der Waals surface area contributed by atoms with E-state index in [0.29, 0.717) is 0 Å². The molecule has 14 atom stereocenters. The Morgan fingerprint density at radius 2 is 1.25 bits per heavy atom. The third-order valence-corrected chi connectivity index (χ3v) is 16.0. The van der Waals surface area contributed by atoms with Crippen LogP contribution < -0.4 is 57.2 Å². The zero-order valence-electron chi connectivity index (χ0n) is 48.0. The zero-order chi connectivity index (χ0) is 66.2. The first-order valence-electron chi connectivity index (χ1n) is 27.9. The Morgan fingerprint density at radius 3 is 1.84 bits per heavy atom. The summed E-state index contributed by atoms with van der Waals surface area (Å²) < 4.78 is 24.8. The molecule has 30 nitrogen and oxygen atoms in total. The van der Waals surface area contributed by atoms with Crippen LogP contribution in [0.1, 0.15) is 84.8 Å². The molecule has 484 valence electrons. The van der Waals surface area contributed by atoms with Gasteiger partial charge in [0.1, 0.15) is 95.6 Å². The van der Waals surface area contributed by atoms with Crippen LogP contribution >= 0.6 is 23.2 Å². The second kappa shape index (κ2) is 27.2. The summed E-state index contributed by atoms with van der Waals surface area (Å²) in [7, 11) is 1.47. The van der Waals surface area contributed by atoms with Crippen LogP contribution in [0.25, 0.3) is 11.1 Å². The van der Waals surface area contributed by atoms with E-state index < -0.39 is 207 Å². The molecule has 91 heavy (non-hydrogen) atoms. The summed E-state index contributed by atoms with van der Waals surface area (Å²) in [4.78, 5) is 115. The standard InChI is InChI=1S/C59H62Cl2N8O22/c1-20(2)10-30(63-3)52(80)68-44-46(75)22-5-8-34(28(60)12-22)88-36-14-24-15-37(51(36)91-59-50(79)49(78)48(77)38(19-70)90-59)89-35-9-6-23(13-29(35)61)47(76)45-57(85)67-43(58(86)87)27-16-25(71)17-33(73)40(27)26-11-21(4-7-32(26)72)41(54(82)69-45)66-55(83)42(24)65-53(81)31(18-39(62)74)64-56(44)84/h4-9,11-17,20,30-31,38,41-50,59,63,70-73,75-79H,10,18-19H2,1-3H3,(H2,62,74)(H,64,84)(H,65,81)(H,66,83)(H,67,85)(H,68,80)(H,69,82)(H,86,87)/t30?,31?,38-,41?,42?,43?,44?,45?,46?,47?,48-,49+,50-,59+/m1/s1. The topological polar surface area (TPSA) is 486 Å². The van der Waals surface area contributed by atoms with Crippen molar-refractivity contribution in [2.45, 2.75) is 112 Å². The predicted molar refractivity (Wildman–Crippen MR) is 313 cm³/mol. The monoisotopic (exact) mass is 1300 g/mol. The molecule has 0 spiro atoms. The van der Waals surface area contributed by atoms with E-state index in [9.17, 15) is 75.0 Å². The Labute approximate surface area is 525 Å². The number of carboxylic acids is 1. The number of likely N-dealkylation sites (N-methyl/N-ethyl adjacent to an activating group) is 1. The van der Waals surface area contributed by atoms with Gasteiger partial charge in [0.2, 0.25) is 53.4 Å². The summed E-state index contributed by atoms with van der Waals surface area (Å²) in [5.41, 5.74) is 2.90. The van der Waals surface area contributed by atoms with Gasteiger partial charge < -0.3 is 113 Å². The Bertz CT molecular complexity index is 3730. The highest BCUT2D eigenvalue weighted by Gasteiger charge is 2.47. The number of nitrogens with one attached hydrogen (secondary N) is 7. The first-order chi connectivity index (χ1) is 43.1. The van der Waals surface area contributed by atoms with Crippen LogP contribution in [-0.4, -0.2) is 167 Å². The van der Waals surface area contributed by atoms with E-state index >= 15 is 14.4 Å². The number of amides is 7. The summed E-state index contributed by atoms with van der Waals surface area (Å²) in [6, 6.07) is -0.613. The van der Waals surface area contributed by atoms with E-state index in [1.54, 1.807) is 0 Å². The smallest absolute Gasteiger partial charge is 0.330 e. The molecule has 5 aromatic carbocycles. The Morgan fingerprint density at radius 1 is 0.659 bits per heavy atom. The fourth-order valence-corrected chi connectivity index (χ4v) is 11.2. The van der Waals surface area contributed by atoms with E-state index in [0.717, 1.165) is 66.7 Å². The predicted octanol–water partition coefficient (Wildman–Crippen LogP) is -0.131. The third-order valence-electron chi connectivity index (χ3n) is 15.4. The minimum Gasteiger partial charge on any atom is -0.508 e. The number of phenols is 3. The summed E-state index contributed by atoms with van der Waals surface area (Å²) in [5.74, 6) is -15.8. The van der Waals surface area contributed by atoms with Crippen molar-refractivity contribution in [3.63, 3.8) is 0 Å². The number of carbonyl (C=O) groups is 8. The summed E-state index contributed by atoms with van der Waals surface area (Å²) in [5, 5.41) is 128. The van der Waals surface area contributed by atoms with E-state index in [4.69, 9.17) is 47.9 Å². The van der Waals surface area contributed by atoms with Crippen LogP contribution in [-0.2, 0) is 43.1 Å². The molecule has 11 bridgehead atoms. The molecule has 6 aliphatic rings. The highest BCUT2D eigenvalue weighted by atomic mass is 35.5. The molecule has 0 aliphatic carbocycles. The van der Waals surface area contributed by atoms with Crippen LogP contribution in [0, 0.1) is 5.92 Å².